The molecule has 0 spiro atoms. The molecule has 0 aromatic heterocycles. The molecule has 0 radical (unpaired) electrons. The van der Waals surface area contributed by atoms with Crippen LogP contribution in [0.5, 0.6) is 0 Å². The van der Waals surface area contributed by atoms with Crippen LogP contribution in [-0.2, 0) is 15.1 Å². The highest BCUT2D eigenvalue weighted by atomic mass is 16.2. The number of hydrogen-bond acceptors (Lipinski definition) is 4. The Kier molecular flexibility index (Phi) is 5.36. The highest BCUT2D eigenvalue weighted by Gasteiger charge is 2.50. The van der Waals surface area contributed by atoms with Gasteiger partial charge in [0, 0.05) is 18.3 Å². The molecule has 3 aromatic rings. The zero-order valence-corrected chi connectivity index (χ0v) is 17.6. The van der Waals surface area contributed by atoms with Gasteiger partial charge in [0.05, 0.1) is 0 Å². The van der Waals surface area contributed by atoms with Crippen LogP contribution < -0.4 is 16.0 Å². The topological polar surface area (TPSA) is 108 Å². The number of rotatable bonds is 5. The highest BCUT2D eigenvalue weighted by Crippen LogP contribution is 2.33. The predicted octanol–water partition coefficient (Wildman–Crippen LogP) is 2.61. The van der Waals surface area contributed by atoms with Gasteiger partial charge in [0.2, 0.25) is 5.91 Å². The summed E-state index contributed by atoms with van der Waals surface area (Å²) in [6.07, 6.45) is 0. The summed E-state index contributed by atoms with van der Waals surface area (Å²) >= 11 is 0. The van der Waals surface area contributed by atoms with Crippen molar-refractivity contribution in [2.75, 3.05) is 18.9 Å². The molecule has 1 saturated heterocycles. The van der Waals surface area contributed by atoms with E-state index in [4.69, 9.17) is 0 Å². The quantitative estimate of drug-likeness (QED) is 0.541. The van der Waals surface area contributed by atoms with E-state index in [1.165, 1.54) is 7.05 Å². The second-order valence-corrected chi connectivity index (χ2v) is 7.68. The van der Waals surface area contributed by atoms with Crippen molar-refractivity contribution in [3.8, 4) is 0 Å². The third-order valence-electron chi connectivity index (χ3n) is 5.56. The summed E-state index contributed by atoms with van der Waals surface area (Å²) in [6.45, 7) is 1.21. The Balaban J connectivity index is 1.51. The minimum Gasteiger partial charge on any atom is -0.355 e. The maximum Gasteiger partial charge on any atom is 0.325 e. The number of urea groups is 1. The molecule has 1 aliphatic rings. The average molecular weight is 430 g/mol. The van der Waals surface area contributed by atoms with E-state index >= 15 is 0 Å². The van der Waals surface area contributed by atoms with Crippen LogP contribution in [0, 0.1) is 0 Å². The van der Waals surface area contributed by atoms with Crippen molar-refractivity contribution < 1.29 is 19.2 Å². The van der Waals surface area contributed by atoms with Gasteiger partial charge >= 0.3 is 6.03 Å². The van der Waals surface area contributed by atoms with Crippen molar-refractivity contribution in [2.24, 2.45) is 0 Å². The van der Waals surface area contributed by atoms with Crippen LogP contribution in [0.15, 0.2) is 66.7 Å². The van der Waals surface area contributed by atoms with Gasteiger partial charge in [-0.3, -0.25) is 19.3 Å². The molecule has 162 valence electrons. The van der Waals surface area contributed by atoms with E-state index in [1.807, 2.05) is 36.4 Å². The molecule has 0 unspecified atom stereocenters. The Morgan fingerprint density at radius 3 is 2.38 bits per heavy atom. The first-order valence-electron chi connectivity index (χ1n) is 10.1. The Morgan fingerprint density at radius 1 is 0.969 bits per heavy atom. The van der Waals surface area contributed by atoms with E-state index in [1.54, 1.807) is 37.3 Å². The number of nitrogens with zero attached hydrogens (tertiary/aromatic N) is 1. The molecular weight excluding hydrogens is 408 g/mol. The highest BCUT2D eigenvalue weighted by molar-refractivity contribution is 6.11. The van der Waals surface area contributed by atoms with Crippen LogP contribution >= 0.6 is 0 Å². The number of hydrogen-bond donors (Lipinski definition) is 3. The van der Waals surface area contributed by atoms with E-state index in [2.05, 4.69) is 16.0 Å². The fourth-order valence-corrected chi connectivity index (χ4v) is 3.88. The zero-order chi connectivity index (χ0) is 22.9. The molecule has 1 aliphatic heterocycles. The molecule has 4 rings (SSSR count). The van der Waals surface area contributed by atoms with E-state index in [0.717, 1.165) is 15.7 Å². The van der Waals surface area contributed by atoms with Gasteiger partial charge in [0.1, 0.15) is 12.1 Å². The second kappa shape index (κ2) is 8.14. The first-order valence-corrected chi connectivity index (χ1v) is 10.1. The number of imide groups is 1. The zero-order valence-electron chi connectivity index (χ0n) is 17.6. The molecule has 5 amide bonds. The molecule has 1 fully saturated rings. The van der Waals surface area contributed by atoms with Crippen molar-refractivity contribution in [1.29, 1.82) is 0 Å². The first kappa shape index (κ1) is 21.0. The van der Waals surface area contributed by atoms with Gasteiger partial charge in [-0.15, -0.1) is 0 Å². The third kappa shape index (κ3) is 3.66. The van der Waals surface area contributed by atoms with Crippen LogP contribution in [0.1, 0.15) is 22.8 Å². The Morgan fingerprint density at radius 2 is 1.66 bits per heavy atom. The normalized spacial score (nSPS) is 17.9. The number of amides is 5. The largest absolute Gasteiger partial charge is 0.355 e. The monoisotopic (exact) mass is 430 g/mol. The number of carbonyl (C=O) groups is 4. The summed E-state index contributed by atoms with van der Waals surface area (Å²) < 4.78 is 0. The fraction of sp³-hybridized carbons (Fsp3) is 0.167. The van der Waals surface area contributed by atoms with Gasteiger partial charge in [-0.2, -0.15) is 0 Å². The number of nitrogens with one attached hydrogen (secondary N) is 3. The van der Waals surface area contributed by atoms with Gasteiger partial charge in [-0.05, 0) is 47.5 Å². The molecule has 1 atom stereocenters. The maximum atomic E-state index is 13.2. The first-order chi connectivity index (χ1) is 15.3. The van der Waals surface area contributed by atoms with E-state index < -0.39 is 29.9 Å². The fourth-order valence-electron chi connectivity index (χ4n) is 3.88. The minimum atomic E-state index is -1.28. The molecule has 1 heterocycles. The molecule has 0 aliphatic carbocycles. The molecule has 3 N–H and O–H groups in total. The van der Waals surface area contributed by atoms with Gasteiger partial charge in [0.25, 0.3) is 11.8 Å². The lowest BCUT2D eigenvalue weighted by Crippen LogP contribution is -2.42. The van der Waals surface area contributed by atoms with Crippen LogP contribution in [0.2, 0.25) is 0 Å². The summed E-state index contributed by atoms with van der Waals surface area (Å²) in [5.41, 5.74) is 0.284. The predicted molar refractivity (Wildman–Crippen MR) is 120 cm³/mol. The third-order valence-corrected chi connectivity index (χ3v) is 5.56. The SMILES string of the molecule is CNC(=O)c1ccc(NC(=O)CN2C(=O)N[C@](C)(c3cccc4ccccc34)C2=O)cc1. The summed E-state index contributed by atoms with van der Waals surface area (Å²) in [5.74, 6) is -1.26. The van der Waals surface area contributed by atoms with Gasteiger partial charge in [-0.25, -0.2) is 4.79 Å². The number of fused-ring (bicyclic) bond motifs is 1. The molecular formula is C24H22N4O4. The lowest BCUT2D eigenvalue weighted by atomic mass is 9.88. The van der Waals surface area contributed by atoms with Crippen molar-refractivity contribution >= 4 is 40.2 Å². The maximum absolute atomic E-state index is 13.2. The molecule has 0 saturated carbocycles. The Hall–Kier alpha value is -4.20. The van der Waals surface area contributed by atoms with E-state index in [0.29, 0.717) is 16.8 Å². The average Bonchev–Trinajstić information content (AvgIpc) is 3.02. The lowest BCUT2D eigenvalue weighted by Gasteiger charge is -2.24. The molecule has 3 aromatic carbocycles. The van der Waals surface area contributed by atoms with Crippen molar-refractivity contribution in [2.45, 2.75) is 12.5 Å². The minimum absolute atomic E-state index is 0.241. The van der Waals surface area contributed by atoms with Crippen LogP contribution in [0.25, 0.3) is 10.8 Å². The molecule has 0 bridgehead atoms. The van der Waals surface area contributed by atoms with Crippen LogP contribution in [-0.4, -0.2) is 42.2 Å². The van der Waals surface area contributed by atoms with E-state index in [-0.39, 0.29) is 5.91 Å². The van der Waals surface area contributed by atoms with Gasteiger partial charge in [-0.1, -0.05) is 42.5 Å². The van der Waals surface area contributed by atoms with Gasteiger partial charge < -0.3 is 16.0 Å². The molecule has 32 heavy (non-hydrogen) atoms. The van der Waals surface area contributed by atoms with E-state index in [9.17, 15) is 19.2 Å². The van der Waals surface area contributed by atoms with Crippen molar-refractivity contribution in [1.82, 2.24) is 15.5 Å². The summed E-state index contributed by atoms with van der Waals surface area (Å²) in [7, 11) is 1.53. The smallest absolute Gasteiger partial charge is 0.325 e. The van der Waals surface area contributed by atoms with Gasteiger partial charge in [0.15, 0.2) is 0 Å². The summed E-state index contributed by atoms with van der Waals surface area (Å²) in [6, 6.07) is 18.8. The van der Waals surface area contributed by atoms with Crippen molar-refractivity contribution in [3.05, 3.63) is 77.9 Å². The summed E-state index contributed by atoms with van der Waals surface area (Å²) in [5, 5.41) is 9.71. The Labute approximate surface area is 184 Å². The molecule has 8 nitrogen and oxygen atoms in total. The molecule has 8 heteroatoms. The van der Waals surface area contributed by atoms with Crippen LogP contribution in [0.4, 0.5) is 10.5 Å². The number of anilines is 1. The summed E-state index contributed by atoms with van der Waals surface area (Å²) in [4.78, 5) is 50.9. The van der Waals surface area contributed by atoms with Crippen molar-refractivity contribution in [3.63, 3.8) is 0 Å². The Bertz CT molecular complexity index is 1230. The van der Waals surface area contributed by atoms with Crippen LogP contribution in [0.3, 0.4) is 0 Å². The number of carbonyl (C=O) groups excluding carboxylic acids is 4. The number of benzene rings is 3. The second-order valence-electron chi connectivity index (χ2n) is 7.68. The lowest BCUT2D eigenvalue weighted by molar-refractivity contribution is -0.133. The standard InChI is InChI=1S/C24H22N4O4/c1-24(19-9-5-7-15-6-3-4-8-18(15)19)22(31)28(23(32)27-24)14-20(29)26-17-12-10-16(11-13-17)21(30)25-2/h3-13H,14H2,1-2H3,(H,25,30)(H,26,29)(H,27,32)/t24-/m1/s1.